The normalized spacial score (nSPS) is 13.5. The Hall–Kier alpha value is -8.76. The molecule has 0 atom stereocenters. The molecule has 14 rings (SSSR count). The number of rotatable bonds is 9. The van der Waals surface area contributed by atoms with Gasteiger partial charge in [-0.25, -0.2) is 4.98 Å². The molecule has 0 amide bonds. The van der Waals surface area contributed by atoms with E-state index in [-0.39, 0.29) is 31.9 Å². The van der Waals surface area contributed by atoms with Gasteiger partial charge in [-0.2, -0.15) is 12.1 Å². The molecule has 398 valence electrons. The largest absolute Gasteiger partial charge is 0.509 e. The summed E-state index contributed by atoms with van der Waals surface area (Å²) in [5, 5.41) is 2.17. The number of benzene rings is 10. The first-order valence-electron chi connectivity index (χ1n) is 27.7. The van der Waals surface area contributed by atoms with Crippen LogP contribution in [0.4, 0.5) is 22.7 Å². The molecule has 0 unspecified atom stereocenters. The van der Waals surface area contributed by atoms with Crippen molar-refractivity contribution in [3.8, 4) is 50.7 Å². The maximum absolute atomic E-state index is 6.86. The molecule has 5 nitrogen and oxygen atoms in total. The Balaban J connectivity index is 0.00000618. The van der Waals surface area contributed by atoms with Crippen molar-refractivity contribution in [1.29, 1.82) is 0 Å². The molecule has 0 N–H and O–H groups in total. The first kappa shape index (κ1) is 51.7. The van der Waals surface area contributed by atoms with Gasteiger partial charge in [0.05, 0.1) is 5.41 Å². The summed E-state index contributed by atoms with van der Waals surface area (Å²) in [6, 6.07) is 92.8. The Kier molecular flexibility index (Phi) is 12.8. The Morgan fingerprint density at radius 1 is 0.457 bits per heavy atom. The molecule has 0 saturated carbocycles. The molecule has 0 fully saturated rings. The molecule has 2 aromatic heterocycles. The number of fused-ring (bicyclic) bond motifs is 7. The first-order chi connectivity index (χ1) is 38.9. The Bertz CT molecular complexity index is 4230. The molecular weight excluding hydrogens is 1170 g/mol. The van der Waals surface area contributed by atoms with Gasteiger partial charge in [-0.3, -0.25) is 0 Å². The standard InChI is InChI=1S/C75H59N4O.Pt/c1-73(2,3)52-36-38-53(39-37-52)75(65-31-16-13-28-59(65)60-29-14-17-32-66(60)75)54-42-43-76-71(46-54)79-67-33-18-15-30-61(67)62-41-40-58(48-70(62)79)80-57-27-21-26-56(47-57)77-49-78(69-35-20-19-34-68(69)77)72-63(50-22-9-7-10-23-50)44-55(74(4,5)6)45-64(72)51-24-11-8-12-25-51;/h7-46,49H,1-6H3;/q-3;. The van der Waals surface area contributed by atoms with Crippen LogP contribution in [0.25, 0.3) is 61.0 Å². The van der Waals surface area contributed by atoms with Gasteiger partial charge in [-0.1, -0.05) is 211 Å². The molecular formula is C75H59N4OPt-3. The molecule has 0 bridgehead atoms. The Labute approximate surface area is 490 Å². The van der Waals surface area contributed by atoms with E-state index >= 15 is 0 Å². The van der Waals surface area contributed by atoms with Crippen molar-refractivity contribution < 1.29 is 25.8 Å². The SMILES string of the molecule is CC(C)(C)c1ccc(C2(c3ccnc(-n4c5[c-]c(Oc6[c-]c(N7[CH-]N(c8c(-c9ccccc9)cc(C(C)(C)C)cc8-c8ccccc8)c8ccccc87)ccc6)ccc5c5ccccc54)c3)c3ccccc3-c3ccccc32)cc1.[Pt]. The fourth-order valence-corrected chi connectivity index (χ4v) is 12.4. The fraction of sp³-hybridized carbons (Fsp3) is 0.120. The Morgan fingerprint density at radius 3 is 1.67 bits per heavy atom. The number of nitrogens with zero attached hydrogens (tertiary/aromatic N) is 4. The smallest absolute Gasteiger partial charge is 0.135 e. The summed E-state index contributed by atoms with van der Waals surface area (Å²) in [7, 11) is 0. The maximum Gasteiger partial charge on any atom is 0.135 e. The van der Waals surface area contributed by atoms with Crippen molar-refractivity contribution >= 4 is 44.6 Å². The zero-order chi connectivity index (χ0) is 54.3. The molecule has 0 radical (unpaired) electrons. The number of ether oxygens (including phenoxy) is 1. The summed E-state index contributed by atoms with van der Waals surface area (Å²) in [6.45, 7) is 15.9. The van der Waals surface area contributed by atoms with Crippen LogP contribution in [0.5, 0.6) is 11.5 Å². The van der Waals surface area contributed by atoms with Gasteiger partial charge in [0, 0.05) is 72.5 Å². The second-order valence-corrected chi connectivity index (χ2v) is 23.3. The van der Waals surface area contributed by atoms with Gasteiger partial charge in [-0.15, -0.1) is 48.1 Å². The molecule has 6 heteroatoms. The number of pyridine rings is 1. The van der Waals surface area contributed by atoms with Gasteiger partial charge >= 0.3 is 0 Å². The van der Waals surface area contributed by atoms with E-state index in [0.29, 0.717) is 11.5 Å². The zero-order valence-corrected chi connectivity index (χ0v) is 48.5. The van der Waals surface area contributed by atoms with Crippen LogP contribution >= 0.6 is 0 Å². The predicted molar refractivity (Wildman–Crippen MR) is 330 cm³/mol. The van der Waals surface area contributed by atoms with Crippen molar-refractivity contribution in [2.24, 2.45) is 0 Å². The van der Waals surface area contributed by atoms with Gasteiger partial charge in [0.1, 0.15) is 5.82 Å². The first-order valence-corrected chi connectivity index (χ1v) is 27.7. The molecule has 81 heavy (non-hydrogen) atoms. The third-order valence-corrected chi connectivity index (χ3v) is 16.4. The quantitative estimate of drug-likeness (QED) is 0.135. The van der Waals surface area contributed by atoms with Crippen LogP contribution < -0.4 is 14.5 Å². The predicted octanol–water partition coefficient (Wildman–Crippen LogP) is 19.3. The fourth-order valence-electron chi connectivity index (χ4n) is 12.4. The van der Waals surface area contributed by atoms with E-state index in [1.54, 1.807) is 0 Å². The topological polar surface area (TPSA) is 33.5 Å². The van der Waals surface area contributed by atoms with Crippen LogP contribution in [0.2, 0.25) is 0 Å². The molecule has 2 aliphatic rings. The maximum atomic E-state index is 6.86. The van der Waals surface area contributed by atoms with Gasteiger partial charge in [0.15, 0.2) is 0 Å². The molecule has 0 saturated heterocycles. The average molecular weight is 1230 g/mol. The van der Waals surface area contributed by atoms with Crippen LogP contribution in [0.15, 0.2) is 243 Å². The van der Waals surface area contributed by atoms with Crippen LogP contribution in [-0.4, -0.2) is 9.55 Å². The number of hydrogen-bond donors (Lipinski definition) is 0. The molecule has 12 aromatic rings. The minimum atomic E-state index is -0.603. The number of hydrogen-bond acceptors (Lipinski definition) is 4. The van der Waals surface area contributed by atoms with E-state index in [9.17, 15) is 0 Å². The number of anilines is 4. The van der Waals surface area contributed by atoms with E-state index in [4.69, 9.17) is 9.72 Å². The molecule has 1 aliphatic heterocycles. The van der Waals surface area contributed by atoms with Crippen molar-refractivity contribution in [3.63, 3.8) is 0 Å². The second kappa shape index (κ2) is 20.1. The zero-order valence-electron chi connectivity index (χ0n) is 46.2. The van der Waals surface area contributed by atoms with Crippen LogP contribution in [0, 0.1) is 18.8 Å². The van der Waals surface area contributed by atoms with Gasteiger partial charge in [0.25, 0.3) is 0 Å². The summed E-state index contributed by atoms with van der Waals surface area (Å²) >= 11 is 0. The summed E-state index contributed by atoms with van der Waals surface area (Å²) in [5.41, 5.74) is 19.9. The van der Waals surface area contributed by atoms with E-state index in [1.165, 1.54) is 38.9 Å². The number of para-hydroxylation sites is 3. The molecule has 0 spiro atoms. The average Bonchev–Trinajstić information content (AvgIpc) is 2.70. The van der Waals surface area contributed by atoms with E-state index in [2.05, 4.69) is 293 Å². The molecule has 3 heterocycles. The van der Waals surface area contributed by atoms with Crippen LogP contribution in [-0.2, 0) is 37.3 Å². The minimum Gasteiger partial charge on any atom is -0.509 e. The van der Waals surface area contributed by atoms with Crippen LogP contribution in [0.1, 0.15) is 74.9 Å². The minimum absolute atomic E-state index is 0. The Morgan fingerprint density at radius 2 is 1.02 bits per heavy atom. The van der Waals surface area contributed by atoms with E-state index < -0.39 is 5.41 Å². The summed E-state index contributed by atoms with van der Waals surface area (Å²) in [6.07, 6.45) is 1.97. The third-order valence-electron chi connectivity index (χ3n) is 16.4. The summed E-state index contributed by atoms with van der Waals surface area (Å²) < 4.78 is 9.11. The second-order valence-electron chi connectivity index (χ2n) is 23.3. The van der Waals surface area contributed by atoms with E-state index in [1.807, 2.05) is 24.4 Å². The van der Waals surface area contributed by atoms with Gasteiger partial charge in [0.2, 0.25) is 0 Å². The molecule has 1 aliphatic carbocycles. The monoisotopic (exact) mass is 1230 g/mol. The van der Waals surface area contributed by atoms with Gasteiger partial charge in [-0.05, 0) is 114 Å². The van der Waals surface area contributed by atoms with Crippen LogP contribution in [0.3, 0.4) is 0 Å². The number of aromatic nitrogens is 2. The molecule has 10 aromatic carbocycles. The summed E-state index contributed by atoms with van der Waals surface area (Å²) in [4.78, 5) is 9.77. The van der Waals surface area contributed by atoms with Gasteiger partial charge < -0.3 is 19.1 Å². The van der Waals surface area contributed by atoms with Crippen molar-refractivity contribution in [3.05, 3.63) is 295 Å². The van der Waals surface area contributed by atoms with Crippen molar-refractivity contribution in [1.82, 2.24) is 9.55 Å². The summed E-state index contributed by atoms with van der Waals surface area (Å²) in [5.74, 6) is 1.95. The third kappa shape index (κ3) is 8.69. The van der Waals surface area contributed by atoms with Crippen molar-refractivity contribution in [2.75, 3.05) is 9.80 Å². The van der Waals surface area contributed by atoms with Crippen molar-refractivity contribution in [2.45, 2.75) is 57.8 Å². The van der Waals surface area contributed by atoms with E-state index in [0.717, 1.165) is 78.2 Å².